The molecule has 2 rings (SSSR count). The Hall–Kier alpha value is -1.59. The summed E-state index contributed by atoms with van der Waals surface area (Å²) in [7, 11) is 1.50. The molecule has 0 heterocycles. The number of anilines is 1. The van der Waals surface area contributed by atoms with Crippen LogP contribution in [0.1, 0.15) is 25.7 Å². The molecule has 1 aliphatic carbocycles. The highest BCUT2D eigenvalue weighted by molar-refractivity contribution is 5.56. The number of benzene rings is 1. The van der Waals surface area contributed by atoms with Crippen LogP contribution in [0.2, 0.25) is 0 Å². The number of halogens is 3. The molecule has 2 N–H and O–H groups in total. The second-order valence-electron chi connectivity index (χ2n) is 5.05. The number of ether oxygens (including phenoxy) is 2. The van der Waals surface area contributed by atoms with E-state index >= 15 is 0 Å². The maximum Gasteiger partial charge on any atom is 0.391 e. The fraction of sp³-hybridized carbons (Fsp3) is 0.571. The summed E-state index contributed by atoms with van der Waals surface area (Å²) in [5.41, 5.74) is 6.16. The molecule has 0 aliphatic heterocycles. The van der Waals surface area contributed by atoms with E-state index < -0.39 is 18.2 Å². The zero-order valence-electron chi connectivity index (χ0n) is 11.2. The van der Waals surface area contributed by atoms with Gasteiger partial charge in [-0.25, -0.2) is 0 Å². The zero-order valence-corrected chi connectivity index (χ0v) is 11.2. The molecule has 0 aromatic heterocycles. The van der Waals surface area contributed by atoms with Crippen molar-refractivity contribution in [1.29, 1.82) is 0 Å². The third-order valence-electron chi connectivity index (χ3n) is 3.59. The average Bonchev–Trinajstić information content (AvgIpc) is 2.38. The predicted octanol–water partition coefficient (Wildman–Crippen LogP) is 3.78. The number of alkyl halides is 3. The molecule has 6 heteroatoms. The van der Waals surface area contributed by atoms with E-state index in [0.717, 1.165) is 0 Å². The Bertz CT molecular complexity index is 462. The van der Waals surface area contributed by atoms with Crippen molar-refractivity contribution in [1.82, 2.24) is 0 Å². The highest BCUT2D eigenvalue weighted by Crippen LogP contribution is 2.39. The van der Waals surface area contributed by atoms with Gasteiger partial charge in [-0.2, -0.15) is 13.2 Å². The van der Waals surface area contributed by atoms with Crippen molar-refractivity contribution >= 4 is 5.69 Å². The molecule has 0 radical (unpaired) electrons. The molecule has 1 aromatic carbocycles. The largest absolute Gasteiger partial charge is 0.495 e. The normalized spacial score (nSPS) is 23.4. The molecule has 1 saturated carbocycles. The first-order valence-corrected chi connectivity index (χ1v) is 6.57. The van der Waals surface area contributed by atoms with Gasteiger partial charge in [0.1, 0.15) is 11.5 Å². The maximum atomic E-state index is 12.7. The van der Waals surface area contributed by atoms with Gasteiger partial charge in [0.05, 0.1) is 24.8 Å². The summed E-state index contributed by atoms with van der Waals surface area (Å²) in [6.45, 7) is 0. The van der Waals surface area contributed by atoms with E-state index in [1.807, 2.05) is 0 Å². The van der Waals surface area contributed by atoms with Crippen molar-refractivity contribution in [3.8, 4) is 11.5 Å². The van der Waals surface area contributed by atoms with Gasteiger partial charge in [-0.1, -0.05) is 0 Å². The van der Waals surface area contributed by atoms with Crippen molar-refractivity contribution < 1.29 is 22.6 Å². The van der Waals surface area contributed by atoms with Crippen LogP contribution in [0.3, 0.4) is 0 Å². The first-order valence-electron chi connectivity index (χ1n) is 6.57. The van der Waals surface area contributed by atoms with E-state index in [2.05, 4.69) is 0 Å². The minimum atomic E-state index is -4.14. The first kappa shape index (κ1) is 14.8. The molecule has 0 bridgehead atoms. The molecule has 112 valence electrons. The Kier molecular flexibility index (Phi) is 4.30. The molecule has 1 aromatic rings. The van der Waals surface area contributed by atoms with Crippen molar-refractivity contribution in [3.05, 3.63) is 18.2 Å². The zero-order chi connectivity index (χ0) is 14.8. The number of nitrogens with two attached hydrogens (primary N) is 1. The second kappa shape index (κ2) is 5.81. The van der Waals surface area contributed by atoms with Crippen LogP contribution in [-0.2, 0) is 0 Å². The topological polar surface area (TPSA) is 44.5 Å². The summed E-state index contributed by atoms with van der Waals surface area (Å²) >= 11 is 0. The number of hydrogen-bond donors (Lipinski definition) is 1. The lowest BCUT2D eigenvalue weighted by atomic mass is 9.87. The molecular formula is C14H18F3NO2. The van der Waals surface area contributed by atoms with Crippen molar-refractivity contribution in [2.24, 2.45) is 5.92 Å². The standard InChI is InChI=1S/C14H18F3NO2/c1-19-13-6-5-11(8-12(13)18)20-10-4-2-3-9(7-10)14(15,16)17/h5-6,8-10H,2-4,7,18H2,1H3. The Morgan fingerprint density at radius 2 is 2.00 bits per heavy atom. The van der Waals surface area contributed by atoms with E-state index in [4.69, 9.17) is 15.2 Å². The van der Waals surface area contributed by atoms with Crippen molar-refractivity contribution in [2.45, 2.75) is 38.0 Å². The van der Waals surface area contributed by atoms with Crippen molar-refractivity contribution in [3.63, 3.8) is 0 Å². The first-order chi connectivity index (χ1) is 9.40. The fourth-order valence-corrected chi connectivity index (χ4v) is 2.53. The predicted molar refractivity (Wildman–Crippen MR) is 69.8 cm³/mol. The van der Waals surface area contributed by atoms with E-state index in [9.17, 15) is 13.2 Å². The molecule has 0 amide bonds. The van der Waals surface area contributed by atoms with Gasteiger partial charge in [0.25, 0.3) is 0 Å². The van der Waals surface area contributed by atoms with Gasteiger partial charge in [-0.15, -0.1) is 0 Å². The average molecular weight is 289 g/mol. The second-order valence-corrected chi connectivity index (χ2v) is 5.05. The van der Waals surface area contributed by atoms with Gasteiger partial charge in [-0.3, -0.25) is 0 Å². The van der Waals surface area contributed by atoms with E-state index in [0.29, 0.717) is 30.0 Å². The van der Waals surface area contributed by atoms with Crippen LogP contribution in [0.4, 0.5) is 18.9 Å². The highest BCUT2D eigenvalue weighted by atomic mass is 19.4. The van der Waals surface area contributed by atoms with Gasteiger partial charge in [0.15, 0.2) is 0 Å². The lowest BCUT2D eigenvalue weighted by Gasteiger charge is -2.30. The van der Waals surface area contributed by atoms with Crippen molar-refractivity contribution in [2.75, 3.05) is 12.8 Å². The Morgan fingerprint density at radius 1 is 1.25 bits per heavy atom. The Labute approximate surface area is 115 Å². The minimum Gasteiger partial charge on any atom is -0.495 e. The molecule has 3 nitrogen and oxygen atoms in total. The smallest absolute Gasteiger partial charge is 0.391 e. The van der Waals surface area contributed by atoms with Gasteiger partial charge >= 0.3 is 6.18 Å². The van der Waals surface area contributed by atoms with Crippen LogP contribution in [0, 0.1) is 5.92 Å². The number of nitrogen functional groups attached to an aromatic ring is 1. The van der Waals surface area contributed by atoms with E-state index in [1.165, 1.54) is 7.11 Å². The molecule has 2 unspecified atom stereocenters. The number of rotatable bonds is 3. The van der Waals surface area contributed by atoms with Crippen LogP contribution in [-0.4, -0.2) is 19.4 Å². The summed E-state index contributed by atoms with van der Waals surface area (Å²) in [4.78, 5) is 0. The molecule has 0 spiro atoms. The fourth-order valence-electron chi connectivity index (χ4n) is 2.53. The van der Waals surface area contributed by atoms with Gasteiger partial charge in [0.2, 0.25) is 0 Å². The molecule has 1 aliphatic rings. The summed E-state index contributed by atoms with van der Waals surface area (Å²) in [6, 6.07) is 4.89. The molecule has 2 atom stereocenters. The quantitative estimate of drug-likeness (QED) is 0.861. The van der Waals surface area contributed by atoms with Crippen LogP contribution in [0.15, 0.2) is 18.2 Å². The van der Waals surface area contributed by atoms with Crippen LogP contribution >= 0.6 is 0 Å². The molecule has 20 heavy (non-hydrogen) atoms. The molecular weight excluding hydrogens is 271 g/mol. The maximum absolute atomic E-state index is 12.7. The lowest BCUT2D eigenvalue weighted by Crippen LogP contribution is -2.33. The Morgan fingerprint density at radius 3 is 2.60 bits per heavy atom. The van der Waals surface area contributed by atoms with Gasteiger partial charge in [0, 0.05) is 6.07 Å². The summed E-state index contributed by atoms with van der Waals surface area (Å²) < 4.78 is 48.8. The van der Waals surface area contributed by atoms with E-state index in [1.54, 1.807) is 18.2 Å². The van der Waals surface area contributed by atoms with Gasteiger partial charge < -0.3 is 15.2 Å². The van der Waals surface area contributed by atoms with Crippen LogP contribution in [0.5, 0.6) is 11.5 Å². The third kappa shape index (κ3) is 3.49. The van der Waals surface area contributed by atoms with E-state index in [-0.39, 0.29) is 12.8 Å². The number of methoxy groups -OCH3 is 1. The summed E-state index contributed by atoms with van der Waals surface area (Å²) in [6.07, 6.45) is -3.19. The minimum absolute atomic E-state index is 0.00936. The third-order valence-corrected chi connectivity index (χ3v) is 3.59. The summed E-state index contributed by atoms with van der Waals surface area (Å²) in [5.74, 6) is -0.262. The lowest BCUT2D eigenvalue weighted by molar-refractivity contribution is -0.188. The highest BCUT2D eigenvalue weighted by Gasteiger charge is 2.42. The molecule has 0 saturated heterocycles. The summed E-state index contributed by atoms with van der Waals surface area (Å²) in [5, 5.41) is 0. The van der Waals surface area contributed by atoms with Crippen LogP contribution in [0.25, 0.3) is 0 Å². The van der Waals surface area contributed by atoms with Crippen LogP contribution < -0.4 is 15.2 Å². The monoisotopic (exact) mass is 289 g/mol. The van der Waals surface area contributed by atoms with Gasteiger partial charge in [-0.05, 0) is 37.8 Å². The molecule has 1 fully saturated rings. The Balaban J connectivity index is 2.01. The number of hydrogen-bond acceptors (Lipinski definition) is 3. The SMILES string of the molecule is COc1ccc(OC2CCCC(C(F)(F)F)C2)cc1N.